The summed E-state index contributed by atoms with van der Waals surface area (Å²) in [4.78, 5) is 15.1. The molecule has 1 aromatic carbocycles. The Bertz CT molecular complexity index is 713. The summed E-state index contributed by atoms with van der Waals surface area (Å²) >= 11 is 0. The monoisotopic (exact) mass is 290 g/mol. The second kappa shape index (κ2) is 6.80. The van der Waals surface area contributed by atoms with Gasteiger partial charge in [-0.05, 0) is 35.7 Å². The minimum atomic E-state index is 0.728. The lowest BCUT2D eigenvalue weighted by Gasteiger charge is -2.23. The Balaban J connectivity index is 1.88. The summed E-state index contributed by atoms with van der Waals surface area (Å²) in [6.07, 6.45) is 7.22. The van der Waals surface area contributed by atoms with Gasteiger partial charge in [0.05, 0.1) is 0 Å². The van der Waals surface area contributed by atoms with Crippen molar-refractivity contribution in [3.05, 3.63) is 83.9 Å². The predicted octanol–water partition coefficient (Wildman–Crippen LogP) is 3.39. The molecule has 0 N–H and O–H groups in total. The van der Waals surface area contributed by atoms with Crippen LogP contribution in [0.5, 0.6) is 0 Å². The van der Waals surface area contributed by atoms with E-state index in [-0.39, 0.29) is 0 Å². The minimum Gasteiger partial charge on any atom is -0.332 e. The Morgan fingerprint density at radius 2 is 1.68 bits per heavy atom. The molecule has 0 aliphatic rings. The second-order valence-corrected chi connectivity index (χ2v) is 5.19. The average molecular weight is 290 g/mol. The Hall–Kier alpha value is -2.75. The molecular formula is C18H18N4. The lowest BCUT2D eigenvalue weighted by Crippen LogP contribution is -2.24. The largest absolute Gasteiger partial charge is 0.332 e. The van der Waals surface area contributed by atoms with Crippen molar-refractivity contribution < 1.29 is 0 Å². The van der Waals surface area contributed by atoms with Crippen LogP contribution < -0.4 is 4.90 Å². The maximum atomic E-state index is 4.40. The third-order valence-electron chi connectivity index (χ3n) is 3.55. The van der Waals surface area contributed by atoms with Gasteiger partial charge in [-0.2, -0.15) is 0 Å². The molecule has 3 rings (SSSR count). The highest BCUT2D eigenvalue weighted by Crippen LogP contribution is 2.17. The van der Waals surface area contributed by atoms with Gasteiger partial charge in [0.2, 0.25) is 5.95 Å². The number of aromatic nitrogens is 3. The van der Waals surface area contributed by atoms with Crippen molar-refractivity contribution in [2.75, 3.05) is 4.90 Å². The lowest BCUT2D eigenvalue weighted by atomic mass is 10.1. The van der Waals surface area contributed by atoms with E-state index in [2.05, 4.69) is 57.1 Å². The quantitative estimate of drug-likeness (QED) is 0.722. The molecule has 2 heterocycles. The van der Waals surface area contributed by atoms with Crippen molar-refractivity contribution in [2.45, 2.75) is 20.0 Å². The SMILES string of the molecule is Cc1ccccc1CN(Cc1cccnc1)c1ncccn1. The molecule has 4 nitrogen and oxygen atoms in total. The number of benzene rings is 1. The molecule has 0 atom stereocenters. The summed E-state index contributed by atoms with van der Waals surface area (Å²) < 4.78 is 0. The third-order valence-corrected chi connectivity index (χ3v) is 3.55. The van der Waals surface area contributed by atoms with E-state index in [4.69, 9.17) is 0 Å². The van der Waals surface area contributed by atoms with E-state index in [0.29, 0.717) is 0 Å². The van der Waals surface area contributed by atoms with Gasteiger partial charge in [-0.15, -0.1) is 0 Å². The number of nitrogens with zero attached hydrogens (tertiary/aromatic N) is 4. The van der Waals surface area contributed by atoms with Crippen LogP contribution in [-0.2, 0) is 13.1 Å². The highest BCUT2D eigenvalue weighted by molar-refractivity contribution is 5.35. The van der Waals surface area contributed by atoms with Crippen LogP contribution in [0.2, 0.25) is 0 Å². The summed E-state index contributed by atoms with van der Waals surface area (Å²) in [5, 5.41) is 0. The fourth-order valence-corrected chi connectivity index (χ4v) is 2.36. The zero-order valence-corrected chi connectivity index (χ0v) is 12.6. The van der Waals surface area contributed by atoms with Crippen molar-refractivity contribution >= 4 is 5.95 Å². The highest BCUT2D eigenvalue weighted by atomic mass is 15.2. The molecule has 0 aliphatic heterocycles. The minimum absolute atomic E-state index is 0.728. The third kappa shape index (κ3) is 3.47. The van der Waals surface area contributed by atoms with Gasteiger partial charge in [0.15, 0.2) is 0 Å². The van der Waals surface area contributed by atoms with Crippen LogP contribution >= 0.6 is 0 Å². The maximum absolute atomic E-state index is 4.40. The Labute approximate surface area is 130 Å². The second-order valence-electron chi connectivity index (χ2n) is 5.19. The smallest absolute Gasteiger partial charge is 0.225 e. The molecule has 3 aromatic rings. The number of rotatable bonds is 5. The van der Waals surface area contributed by atoms with E-state index >= 15 is 0 Å². The molecule has 0 amide bonds. The highest BCUT2D eigenvalue weighted by Gasteiger charge is 2.12. The summed E-state index contributed by atoms with van der Waals surface area (Å²) in [5.74, 6) is 0.731. The first-order chi connectivity index (χ1) is 10.8. The van der Waals surface area contributed by atoms with Crippen molar-refractivity contribution in [1.29, 1.82) is 0 Å². The van der Waals surface area contributed by atoms with Gasteiger partial charge in [-0.3, -0.25) is 4.98 Å². The van der Waals surface area contributed by atoms with Gasteiger partial charge >= 0.3 is 0 Å². The summed E-state index contributed by atoms with van der Waals surface area (Å²) in [6.45, 7) is 3.63. The van der Waals surface area contributed by atoms with Crippen LogP contribution in [0.3, 0.4) is 0 Å². The van der Waals surface area contributed by atoms with Crippen LogP contribution in [0.4, 0.5) is 5.95 Å². The van der Waals surface area contributed by atoms with E-state index < -0.39 is 0 Å². The Morgan fingerprint density at radius 1 is 0.864 bits per heavy atom. The van der Waals surface area contributed by atoms with Crippen molar-refractivity contribution in [3.8, 4) is 0 Å². The van der Waals surface area contributed by atoms with Crippen LogP contribution in [0.1, 0.15) is 16.7 Å². The number of hydrogen-bond acceptors (Lipinski definition) is 4. The van der Waals surface area contributed by atoms with E-state index in [1.54, 1.807) is 18.6 Å². The fraction of sp³-hybridized carbons (Fsp3) is 0.167. The Kier molecular flexibility index (Phi) is 4.39. The van der Waals surface area contributed by atoms with Gasteiger partial charge in [0.1, 0.15) is 0 Å². The lowest BCUT2D eigenvalue weighted by molar-refractivity contribution is 0.758. The number of anilines is 1. The number of aryl methyl sites for hydroxylation is 1. The standard InChI is InChI=1S/C18H18N4/c1-15-6-2-3-8-17(15)14-22(18-20-10-5-11-21-18)13-16-7-4-9-19-12-16/h2-12H,13-14H2,1H3. The fourth-order valence-electron chi connectivity index (χ4n) is 2.36. The van der Waals surface area contributed by atoms with Crippen molar-refractivity contribution in [2.24, 2.45) is 0 Å². The van der Waals surface area contributed by atoms with Crippen LogP contribution in [-0.4, -0.2) is 15.0 Å². The molecule has 0 radical (unpaired) electrons. The summed E-state index contributed by atoms with van der Waals surface area (Å²) in [7, 11) is 0. The number of pyridine rings is 1. The number of hydrogen-bond donors (Lipinski definition) is 0. The molecule has 0 saturated heterocycles. The average Bonchev–Trinajstić information content (AvgIpc) is 2.58. The summed E-state index contributed by atoms with van der Waals surface area (Å²) in [6, 6.07) is 14.3. The Morgan fingerprint density at radius 3 is 2.41 bits per heavy atom. The molecule has 0 bridgehead atoms. The first kappa shape index (κ1) is 14.2. The zero-order valence-electron chi connectivity index (χ0n) is 12.6. The molecule has 22 heavy (non-hydrogen) atoms. The molecule has 2 aromatic heterocycles. The van der Waals surface area contributed by atoms with Crippen LogP contribution in [0, 0.1) is 6.92 Å². The first-order valence-corrected chi connectivity index (χ1v) is 7.28. The normalized spacial score (nSPS) is 10.4. The van der Waals surface area contributed by atoms with Crippen molar-refractivity contribution in [3.63, 3.8) is 0 Å². The van der Waals surface area contributed by atoms with Gasteiger partial charge in [-0.25, -0.2) is 9.97 Å². The molecule has 0 fully saturated rings. The first-order valence-electron chi connectivity index (χ1n) is 7.28. The topological polar surface area (TPSA) is 41.9 Å². The summed E-state index contributed by atoms with van der Waals surface area (Å²) in [5.41, 5.74) is 3.69. The van der Waals surface area contributed by atoms with E-state index in [1.807, 2.05) is 18.3 Å². The van der Waals surface area contributed by atoms with Gasteiger partial charge < -0.3 is 4.90 Å². The van der Waals surface area contributed by atoms with E-state index in [9.17, 15) is 0 Å². The van der Waals surface area contributed by atoms with E-state index in [1.165, 1.54) is 11.1 Å². The molecule has 0 spiro atoms. The van der Waals surface area contributed by atoms with Gasteiger partial charge in [0.25, 0.3) is 0 Å². The van der Waals surface area contributed by atoms with Crippen LogP contribution in [0.15, 0.2) is 67.3 Å². The van der Waals surface area contributed by atoms with E-state index in [0.717, 1.165) is 24.6 Å². The molecule has 110 valence electrons. The molecule has 0 unspecified atom stereocenters. The van der Waals surface area contributed by atoms with Gasteiger partial charge in [-0.1, -0.05) is 30.3 Å². The van der Waals surface area contributed by atoms with Gasteiger partial charge in [0, 0.05) is 37.9 Å². The molecular weight excluding hydrogens is 272 g/mol. The predicted molar refractivity (Wildman–Crippen MR) is 87.3 cm³/mol. The maximum Gasteiger partial charge on any atom is 0.225 e. The van der Waals surface area contributed by atoms with Crippen LogP contribution in [0.25, 0.3) is 0 Å². The molecule has 0 saturated carbocycles. The molecule has 0 aliphatic carbocycles. The zero-order chi connectivity index (χ0) is 15.2. The van der Waals surface area contributed by atoms with Crippen molar-refractivity contribution in [1.82, 2.24) is 15.0 Å². The molecule has 4 heteroatoms.